The van der Waals surface area contributed by atoms with E-state index in [4.69, 9.17) is 12.2 Å². The first-order chi connectivity index (χ1) is 3.06. The maximum atomic E-state index is 5.50. The van der Waals surface area contributed by atoms with Crippen LogP contribution in [0.15, 0.2) is 0 Å². The molecule has 0 unspecified atom stereocenters. The standard InChI is InChI=1S/C6H11N.ClH/c1-4-5-6(2,3)7;/h1H,5,7H2,2-3H3;1H. The summed E-state index contributed by atoms with van der Waals surface area (Å²) >= 11 is 0. The van der Waals surface area contributed by atoms with Crippen molar-refractivity contribution in [1.82, 2.24) is 0 Å². The third-order valence-corrected chi connectivity index (χ3v) is 0.558. The molecule has 0 aliphatic heterocycles. The van der Waals surface area contributed by atoms with Crippen molar-refractivity contribution >= 4 is 12.4 Å². The monoisotopic (exact) mass is 133 g/mol. The summed E-state index contributed by atoms with van der Waals surface area (Å²) in [4.78, 5) is 0. The van der Waals surface area contributed by atoms with Crippen LogP contribution in [0.2, 0.25) is 0 Å². The predicted octanol–water partition coefficient (Wildman–Crippen LogP) is 1.17. The van der Waals surface area contributed by atoms with Crippen molar-refractivity contribution in [3.63, 3.8) is 0 Å². The third-order valence-electron chi connectivity index (χ3n) is 0.558. The van der Waals surface area contributed by atoms with E-state index < -0.39 is 0 Å². The van der Waals surface area contributed by atoms with E-state index in [0.717, 1.165) is 0 Å². The van der Waals surface area contributed by atoms with Crippen molar-refractivity contribution in [3.05, 3.63) is 0 Å². The number of rotatable bonds is 1. The molecule has 0 aromatic carbocycles. The quantitative estimate of drug-likeness (QED) is 0.534. The fourth-order valence-corrected chi connectivity index (χ4v) is 0.263. The normalized spacial score (nSPS) is 9.25. The van der Waals surface area contributed by atoms with E-state index in [9.17, 15) is 0 Å². The second kappa shape index (κ2) is 3.77. The van der Waals surface area contributed by atoms with Gasteiger partial charge >= 0.3 is 0 Å². The van der Waals surface area contributed by atoms with Crippen molar-refractivity contribution in [2.45, 2.75) is 25.8 Å². The van der Waals surface area contributed by atoms with Crippen molar-refractivity contribution in [2.24, 2.45) is 5.73 Å². The van der Waals surface area contributed by atoms with Crippen LogP contribution in [0, 0.1) is 12.3 Å². The highest BCUT2D eigenvalue weighted by Gasteiger charge is 2.05. The smallest absolute Gasteiger partial charge is 0.0261 e. The molecule has 0 aliphatic rings. The first kappa shape index (κ1) is 10.7. The molecule has 0 aliphatic carbocycles. The highest BCUT2D eigenvalue weighted by molar-refractivity contribution is 5.85. The molecular formula is C6H12ClN. The maximum Gasteiger partial charge on any atom is 0.0261 e. The van der Waals surface area contributed by atoms with Crippen LogP contribution in [0.25, 0.3) is 0 Å². The second-order valence-corrected chi connectivity index (χ2v) is 2.37. The van der Waals surface area contributed by atoms with Gasteiger partial charge < -0.3 is 5.73 Å². The van der Waals surface area contributed by atoms with Gasteiger partial charge in [0, 0.05) is 12.0 Å². The average molecular weight is 134 g/mol. The average Bonchev–Trinajstić information content (AvgIpc) is 1.30. The Morgan fingerprint density at radius 1 is 1.62 bits per heavy atom. The number of nitrogens with two attached hydrogens (primary N) is 1. The van der Waals surface area contributed by atoms with Crippen molar-refractivity contribution in [3.8, 4) is 12.3 Å². The van der Waals surface area contributed by atoms with Gasteiger partial charge in [-0.05, 0) is 13.8 Å². The Morgan fingerprint density at radius 2 is 2.00 bits per heavy atom. The number of hydrogen-bond donors (Lipinski definition) is 1. The molecule has 0 bridgehead atoms. The zero-order valence-corrected chi connectivity index (χ0v) is 6.09. The Labute approximate surface area is 57.1 Å². The van der Waals surface area contributed by atoms with E-state index in [2.05, 4.69) is 5.92 Å². The van der Waals surface area contributed by atoms with E-state index in [1.165, 1.54) is 0 Å². The van der Waals surface area contributed by atoms with Crippen LogP contribution in [-0.2, 0) is 0 Å². The van der Waals surface area contributed by atoms with Gasteiger partial charge in [-0.1, -0.05) is 0 Å². The minimum absolute atomic E-state index is 0. The van der Waals surface area contributed by atoms with Gasteiger partial charge in [-0.15, -0.1) is 24.8 Å². The lowest BCUT2D eigenvalue weighted by atomic mass is 10.0. The number of hydrogen-bond acceptors (Lipinski definition) is 1. The molecule has 0 rings (SSSR count). The molecule has 1 nitrogen and oxygen atoms in total. The van der Waals surface area contributed by atoms with Crippen molar-refractivity contribution in [1.29, 1.82) is 0 Å². The maximum absolute atomic E-state index is 5.50. The summed E-state index contributed by atoms with van der Waals surface area (Å²) in [5, 5.41) is 0. The Balaban J connectivity index is 0. The fraction of sp³-hybridized carbons (Fsp3) is 0.667. The molecule has 0 amide bonds. The molecule has 48 valence electrons. The minimum Gasteiger partial charge on any atom is -0.325 e. The summed E-state index contributed by atoms with van der Waals surface area (Å²) in [6, 6.07) is 0. The lowest BCUT2D eigenvalue weighted by Gasteiger charge is -2.12. The predicted molar refractivity (Wildman–Crippen MR) is 39.0 cm³/mol. The van der Waals surface area contributed by atoms with Crippen LogP contribution in [0.4, 0.5) is 0 Å². The highest BCUT2D eigenvalue weighted by atomic mass is 35.5. The molecule has 0 saturated heterocycles. The van der Waals surface area contributed by atoms with Crippen molar-refractivity contribution in [2.75, 3.05) is 0 Å². The Morgan fingerprint density at radius 3 is 2.00 bits per heavy atom. The van der Waals surface area contributed by atoms with E-state index in [1.54, 1.807) is 0 Å². The molecule has 0 saturated carbocycles. The Bertz CT molecular complexity index is 85.7. The molecule has 0 heterocycles. The summed E-state index contributed by atoms with van der Waals surface area (Å²) in [6.07, 6.45) is 5.63. The summed E-state index contributed by atoms with van der Waals surface area (Å²) in [6.45, 7) is 3.82. The molecule has 2 heteroatoms. The van der Waals surface area contributed by atoms with Crippen LogP contribution >= 0.6 is 12.4 Å². The molecule has 0 spiro atoms. The van der Waals surface area contributed by atoms with E-state index >= 15 is 0 Å². The van der Waals surface area contributed by atoms with Gasteiger partial charge in [-0.25, -0.2) is 0 Å². The van der Waals surface area contributed by atoms with E-state index in [0.29, 0.717) is 6.42 Å². The van der Waals surface area contributed by atoms with Gasteiger partial charge in [0.1, 0.15) is 0 Å². The molecule has 0 aromatic rings. The van der Waals surface area contributed by atoms with Gasteiger partial charge in [0.15, 0.2) is 0 Å². The molecule has 0 fully saturated rings. The van der Waals surface area contributed by atoms with Gasteiger partial charge in [0.05, 0.1) is 0 Å². The van der Waals surface area contributed by atoms with Crippen LogP contribution in [0.3, 0.4) is 0 Å². The van der Waals surface area contributed by atoms with Gasteiger partial charge in [0.2, 0.25) is 0 Å². The SMILES string of the molecule is C#CCC(C)(C)N.Cl. The largest absolute Gasteiger partial charge is 0.325 e. The minimum atomic E-state index is -0.186. The van der Waals surface area contributed by atoms with Gasteiger partial charge in [-0.2, -0.15) is 0 Å². The summed E-state index contributed by atoms with van der Waals surface area (Å²) in [7, 11) is 0. The topological polar surface area (TPSA) is 26.0 Å². The molecule has 8 heavy (non-hydrogen) atoms. The lowest BCUT2D eigenvalue weighted by Crippen LogP contribution is -2.30. The number of terminal acetylenes is 1. The molecule has 0 aromatic heterocycles. The van der Waals surface area contributed by atoms with Crippen molar-refractivity contribution < 1.29 is 0 Å². The van der Waals surface area contributed by atoms with Gasteiger partial charge in [0.25, 0.3) is 0 Å². The first-order valence-electron chi connectivity index (χ1n) is 2.28. The molecular weight excluding hydrogens is 122 g/mol. The second-order valence-electron chi connectivity index (χ2n) is 2.37. The molecule has 0 radical (unpaired) electrons. The molecule has 2 N–H and O–H groups in total. The van der Waals surface area contributed by atoms with E-state index in [1.807, 2.05) is 13.8 Å². The highest BCUT2D eigenvalue weighted by Crippen LogP contribution is 1.99. The lowest BCUT2D eigenvalue weighted by molar-refractivity contribution is 0.536. The summed E-state index contributed by atoms with van der Waals surface area (Å²) in [5.74, 6) is 2.48. The van der Waals surface area contributed by atoms with Crippen LogP contribution in [0.1, 0.15) is 20.3 Å². The fourth-order valence-electron chi connectivity index (χ4n) is 0.263. The zero-order chi connectivity index (χ0) is 5.91. The Kier molecular flexibility index (Phi) is 5.05. The first-order valence-corrected chi connectivity index (χ1v) is 2.28. The van der Waals surface area contributed by atoms with Crippen LogP contribution in [0.5, 0.6) is 0 Å². The zero-order valence-electron chi connectivity index (χ0n) is 5.27. The van der Waals surface area contributed by atoms with E-state index in [-0.39, 0.29) is 17.9 Å². The third kappa shape index (κ3) is 9.26. The van der Waals surface area contributed by atoms with Crippen LogP contribution in [-0.4, -0.2) is 5.54 Å². The van der Waals surface area contributed by atoms with Gasteiger partial charge in [-0.3, -0.25) is 0 Å². The summed E-state index contributed by atoms with van der Waals surface area (Å²) < 4.78 is 0. The Hall–Kier alpha value is -0.190. The van der Waals surface area contributed by atoms with Crippen LogP contribution < -0.4 is 5.73 Å². The molecule has 0 atom stereocenters. The summed E-state index contributed by atoms with van der Waals surface area (Å²) in [5.41, 5.74) is 5.32. The number of halogens is 1.